The highest BCUT2D eigenvalue weighted by atomic mass is 16.3. The molecule has 3 N–H and O–H groups in total. The number of hydrogen-bond donors (Lipinski definition) is 2. The number of nitrogens with zero attached hydrogens (tertiary/aromatic N) is 2. The monoisotopic (exact) mass is 281 g/mol. The van der Waals surface area contributed by atoms with Gasteiger partial charge in [0.2, 0.25) is 0 Å². The third kappa shape index (κ3) is 2.03. The van der Waals surface area contributed by atoms with Crippen LogP contribution in [0.4, 0.5) is 5.69 Å². The molecule has 0 aliphatic carbocycles. The zero-order valence-corrected chi connectivity index (χ0v) is 11.6. The van der Waals surface area contributed by atoms with E-state index in [1.54, 1.807) is 35.0 Å². The van der Waals surface area contributed by atoms with Gasteiger partial charge in [-0.1, -0.05) is 12.1 Å². The van der Waals surface area contributed by atoms with Crippen LogP contribution >= 0.6 is 0 Å². The summed E-state index contributed by atoms with van der Waals surface area (Å²) in [6.07, 6.45) is 1.65. The molecule has 106 valence electrons. The van der Waals surface area contributed by atoms with Crippen molar-refractivity contribution in [2.75, 3.05) is 5.73 Å². The van der Waals surface area contributed by atoms with Crippen LogP contribution in [0.1, 0.15) is 6.92 Å². The average Bonchev–Trinajstić information content (AvgIpc) is 2.49. The van der Waals surface area contributed by atoms with Crippen LogP contribution in [0.2, 0.25) is 0 Å². The molecule has 0 unspecified atom stereocenters. The lowest BCUT2D eigenvalue weighted by molar-refractivity contribution is 0.475. The second-order valence-corrected chi connectivity index (χ2v) is 4.76. The molecule has 1 aromatic carbocycles. The van der Waals surface area contributed by atoms with Crippen LogP contribution in [-0.2, 0) is 6.54 Å². The van der Waals surface area contributed by atoms with Gasteiger partial charge < -0.3 is 10.8 Å². The van der Waals surface area contributed by atoms with E-state index in [0.29, 0.717) is 23.3 Å². The molecule has 0 aliphatic heterocycles. The normalized spacial score (nSPS) is 10.9. The quantitative estimate of drug-likeness (QED) is 0.755. The van der Waals surface area contributed by atoms with Crippen LogP contribution in [0.15, 0.2) is 47.4 Å². The van der Waals surface area contributed by atoms with Gasteiger partial charge in [-0.25, -0.2) is 4.98 Å². The number of aromatic hydroxyl groups is 1. The largest absolute Gasteiger partial charge is 0.508 e. The Kier molecular flexibility index (Phi) is 3.10. The number of anilines is 1. The molecule has 2 aromatic heterocycles. The van der Waals surface area contributed by atoms with Crippen molar-refractivity contribution in [3.63, 3.8) is 0 Å². The molecule has 0 atom stereocenters. The highest BCUT2D eigenvalue weighted by molar-refractivity contribution is 5.99. The summed E-state index contributed by atoms with van der Waals surface area (Å²) >= 11 is 0. The smallest absolute Gasteiger partial charge is 0.275 e. The van der Waals surface area contributed by atoms with Gasteiger partial charge in [-0.2, -0.15) is 0 Å². The number of phenolic OH excluding ortho intramolecular Hbond substituents is 1. The van der Waals surface area contributed by atoms with Gasteiger partial charge >= 0.3 is 0 Å². The predicted molar refractivity (Wildman–Crippen MR) is 83.2 cm³/mol. The topological polar surface area (TPSA) is 81.1 Å². The lowest BCUT2D eigenvalue weighted by atomic mass is 10.0. The molecular formula is C16H15N3O2. The van der Waals surface area contributed by atoms with Crippen LogP contribution in [0.5, 0.6) is 5.75 Å². The van der Waals surface area contributed by atoms with Crippen molar-refractivity contribution in [3.05, 3.63) is 52.9 Å². The summed E-state index contributed by atoms with van der Waals surface area (Å²) in [4.78, 5) is 16.7. The Morgan fingerprint density at radius 2 is 2.10 bits per heavy atom. The van der Waals surface area contributed by atoms with Crippen LogP contribution in [0.3, 0.4) is 0 Å². The fourth-order valence-corrected chi connectivity index (χ4v) is 2.57. The number of pyridine rings is 2. The van der Waals surface area contributed by atoms with Crippen molar-refractivity contribution in [2.24, 2.45) is 0 Å². The maximum absolute atomic E-state index is 12.4. The van der Waals surface area contributed by atoms with Gasteiger partial charge in [-0.15, -0.1) is 0 Å². The van der Waals surface area contributed by atoms with Gasteiger partial charge in [0.25, 0.3) is 5.56 Å². The lowest BCUT2D eigenvalue weighted by Gasteiger charge is -2.14. The second kappa shape index (κ2) is 4.94. The van der Waals surface area contributed by atoms with Gasteiger partial charge in [0.05, 0.1) is 0 Å². The number of aromatic nitrogens is 2. The first-order valence-corrected chi connectivity index (χ1v) is 6.70. The van der Waals surface area contributed by atoms with Crippen LogP contribution in [-0.4, -0.2) is 14.7 Å². The minimum absolute atomic E-state index is 0.128. The van der Waals surface area contributed by atoms with Crippen LogP contribution in [0, 0.1) is 0 Å². The van der Waals surface area contributed by atoms with E-state index in [1.165, 1.54) is 0 Å². The van der Waals surface area contributed by atoms with Crippen LogP contribution < -0.4 is 11.3 Å². The molecule has 0 radical (unpaired) electrons. The summed E-state index contributed by atoms with van der Waals surface area (Å²) in [6.45, 7) is 2.37. The van der Waals surface area contributed by atoms with Crippen molar-refractivity contribution < 1.29 is 5.11 Å². The van der Waals surface area contributed by atoms with Crippen molar-refractivity contribution in [2.45, 2.75) is 13.5 Å². The Labute approximate surface area is 121 Å². The summed E-state index contributed by atoms with van der Waals surface area (Å²) < 4.78 is 1.55. The standard InChI is InChI=1S/C16H15N3O2/c1-2-19-15-12(7-4-8-18-15)13(14(17)16(19)21)10-5-3-6-11(20)9-10/h3-9,20H,2,17H2,1H3. The average molecular weight is 281 g/mol. The number of hydrogen-bond acceptors (Lipinski definition) is 4. The number of nitrogen functional groups attached to an aromatic ring is 1. The number of rotatable bonds is 2. The third-order valence-electron chi connectivity index (χ3n) is 3.51. The Morgan fingerprint density at radius 1 is 1.29 bits per heavy atom. The molecule has 5 heteroatoms. The Hall–Kier alpha value is -2.82. The van der Waals surface area contributed by atoms with Crippen molar-refractivity contribution >= 4 is 16.7 Å². The second-order valence-electron chi connectivity index (χ2n) is 4.76. The number of benzene rings is 1. The number of fused-ring (bicyclic) bond motifs is 1. The van der Waals surface area contributed by atoms with E-state index in [2.05, 4.69) is 4.98 Å². The first kappa shape index (κ1) is 13.2. The first-order valence-electron chi connectivity index (χ1n) is 6.70. The summed E-state index contributed by atoms with van der Waals surface area (Å²) in [5, 5.41) is 10.5. The van der Waals surface area contributed by atoms with E-state index in [4.69, 9.17) is 5.73 Å². The number of nitrogens with two attached hydrogens (primary N) is 1. The summed E-state index contributed by atoms with van der Waals surface area (Å²) in [5.41, 5.74) is 7.88. The molecule has 0 saturated heterocycles. The molecule has 5 nitrogen and oxygen atoms in total. The maximum atomic E-state index is 12.4. The maximum Gasteiger partial charge on any atom is 0.275 e. The molecule has 0 amide bonds. The van der Waals surface area contributed by atoms with Gasteiger partial charge in [0, 0.05) is 23.7 Å². The SMILES string of the molecule is CCn1c(=O)c(N)c(-c2cccc(O)c2)c2cccnc21. The minimum Gasteiger partial charge on any atom is -0.508 e. The molecule has 3 rings (SSSR count). The fourth-order valence-electron chi connectivity index (χ4n) is 2.57. The fraction of sp³-hybridized carbons (Fsp3) is 0.125. The molecular weight excluding hydrogens is 266 g/mol. The van der Waals surface area contributed by atoms with E-state index in [-0.39, 0.29) is 17.0 Å². The van der Waals surface area contributed by atoms with Gasteiger partial charge in [0.1, 0.15) is 17.1 Å². The van der Waals surface area contributed by atoms with Gasteiger partial charge in [-0.3, -0.25) is 9.36 Å². The molecule has 21 heavy (non-hydrogen) atoms. The summed E-state index contributed by atoms with van der Waals surface area (Å²) in [5.74, 6) is 0.128. The zero-order chi connectivity index (χ0) is 15.0. The molecule has 0 saturated carbocycles. The summed E-state index contributed by atoms with van der Waals surface area (Å²) in [6, 6.07) is 10.4. The Morgan fingerprint density at radius 3 is 2.81 bits per heavy atom. The van der Waals surface area contributed by atoms with Crippen molar-refractivity contribution in [1.82, 2.24) is 9.55 Å². The predicted octanol–water partition coefficient (Wildman–Crippen LogP) is 2.37. The van der Waals surface area contributed by atoms with E-state index in [0.717, 1.165) is 5.39 Å². The zero-order valence-electron chi connectivity index (χ0n) is 11.6. The van der Waals surface area contributed by atoms with Crippen molar-refractivity contribution in [3.8, 4) is 16.9 Å². The third-order valence-corrected chi connectivity index (χ3v) is 3.51. The molecule has 0 fully saturated rings. The molecule has 0 bridgehead atoms. The van der Waals surface area contributed by atoms with E-state index in [1.807, 2.05) is 19.1 Å². The van der Waals surface area contributed by atoms with Crippen LogP contribution in [0.25, 0.3) is 22.2 Å². The van der Waals surface area contributed by atoms with Crippen molar-refractivity contribution in [1.29, 1.82) is 0 Å². The Bertz CT molecular complexity index is 884. The minimum atomic E-state index is -0.262. The first-order chi connectivity index (χ1) is 10.1. The van der Waals surface area contributed by atoms with Gasteiger partial charge in [-0.05, 0) is 36.8 Å². The van der Waals surface area contributed by atoms with Gasteiger partial charge in [0.15, 0.2) is 0 Å². The number of phenols is 1. The highest BCUT2D eigenvalue weighted by Crippen LogP contribution is 2.32. The van der Waals surface area contributed by atoms with E-state index in [9.17, 15) is 9.90 Å². The molecule has 3 aromatic rings. The van der Waals surface area contributed by atoms with E-state index >= 15 is 0 Å². The lowest BCUT2D eigenvalue weighted by Crippen LogP contribution is -2.24. The van der Waals surface area contributed by atoms with E-state index < -0.39 is 0 Å². The Balaban J connectivity index is 2.49. The summed E-state index contributed by atoms with van der Waals surface area (Å²) in [7, 11) is 0. The molecule has 0 spiro atoms. The number of aryl methyl sites for hydroxylation is 1. The molecule has 0 aliphatic rings. The highest BCUT2D eigenvalue weighted by Gasteiger charge is 2.16. The molecule has 2 heterocycles.